The Balaban J connectivity index is 2.68. The normalized spacial score (nSPS) is 11.8. The molecule has 0 aromatic heterocycles. The number of hydrogen-bond donors (Lipinski definition) is 0. The van der Waals surface area contributed by atoms with E-state index >= 15 is 0 Å². The Morgan fingerprint density at radius 3 is 2.50 bits per heavy atom. The molecule has 0 aliphatic heterocycles. The van der Waals surface area contributed by atoms with Gasteiger partial charge in [0.05, 0.1) is 0 Å². The first-order chi connectivity index (χ1) is 6.38. The highest BCUT2D eigenvalue weighted by Crippen LogP contribution is 2.23. The minimum absolute atomic E-state index is 0.278. The molecule has 0 heterocycles. The molecular formula is C11H15ClFSi. The molecule has 0 saturated heterocycles. The van der Waals surface area contributed by atoms with E-state index in [0.717, 1.165) is 11.6 Å². The predicted molar refractivity (Wildman–Crippen MR) is 63.0 cm³/mol. The molecule has 1 aromatic rings. The molecule has 3 heteroatoms. The van der Waals surface area contributed by atoms with E-state index in [-0.39, 0.29) is 5.82 Å². The predicted octanol–water partition coefficient (Wildman–Crippen LogP) is 4.37. The fourth-order valence-electron chi connectivity index (χ4n) is 1.08. The molecule has 0 unspecified atom stereocenters. The van der Waals surface area contributed by atoms with Gasteiger partial charge in [0, 0.05) is 13.1 Å². The summed E-state index contributed by atoms with van der Waals surface area (Å²) in [5.74, 6) is -0.278. The summed E-state index contributed by atoms with van der Waals surface area (Å²) in [5, 5.41) is 0.503. The maximum absolute atomic E-state index is 12.7. The number of halogens is 2. The van der Waals surface area contributed by atoms with Crippen LogP contribution in [-0.4, -0.2) is 8.07 Å². The van der Waals surface area contributed by atoms with Gasteiger partial charge in [-0.15, -0.1) is 0 Å². The summed E-state index contributed by atoms with van der Waals surface area (Å²) in [4.78, 5) is 0. The third-order valence-electron chi connectivity index (χ3n) is 1.90. The van der Waals surface area contributed by atoms with Gasteiger partial charge in [0.1, 0.15) is 5.82 Å². The van der Waals surface area contributed by atoms with Crippen LogP contribution in [0.4, 0.5) is 4.39 Å². The van der Waals surface area contributed by atoms with Crippen molar-refractivity contribution in [3.63, 3.8) is 0 Å². The average molecular weight is 230 g/mol. The van der Waals surface area contributed by atoms with Crippen LogP contribution >= 0.6 is 11.6 Å². The third-order valence-corrected chi connectivity index (χ3v) is 3.65. The molecule has 0 nitrogen and oxygen atoms in total. The Kier molecular flexibility index (Phi) is 3.73. The summed E-state index contributed by atoms with van der Waals surface area (Å²) < 4.78 is 12.7. The van der Waals surface area contributed by atoms with Gasteiger partial charge in [-0.05, 0) is 24.1 Å². The first-order valence-corrected chi connectivity index (χ1v) is 8.75. The number of hydrogen-bond acceptors (Lipinski definition) is 0. The lowest BCUT2D eigenvalue weighted by Crippen LogP contribution is -2.19. The minimum Gasteiger partial charge on any atom is -0.207 e. The van der Waals surface area contributed by atoms with Gasteiger partial charge in [-0.25, -0.2) is 4.39 Å². The quantitative estimate of drug-likeness (QED) is 0.676. The van der Waals surface area contributed by atoms with E-state index in [1.165, 1.54) is 12.1 Å². The number of benzene rings is 1. The molecule has 0 aliphatic carbocycles. The molecule has 1 rings (SSSR count). The molecule has 0 atom stereocenters. The zero-order chi connectivity index (χ0) is 10.8. The lowest BCUT2D eigenvalue weighted by molar-refractivity contribution is 0.627. The molecule has 77 valence electrons. The van der Waals surface area contributed by atoms with Crippen LogP contribution in [0.2, 0.25) is 30.7 Å². The van der Waals surface area contributed by atoms with Crippen LogP contribution in [-0.2, 0) is 0 Å². The summed E-state index contributed by atoms with van der Waals surface area (Å²) in [5.41, 5.74) is 0.940. The van der Waals surface area contributed by atoms with Crippen molar-refractivity contribution in [1.82, 2.24) is 0 Å². The van der Waals surface area contributed by atoms with Gasteiger partial charge in [-0.1, -0.05) is 43.4 Å². The Morgan fingerprint density at radius 1 is 1.36 bits per heavy atom. The first kappa shape index (κ1) is 11.7. The van der Waals surface area contributed by atoms with E-state index in [2.05, 4.69) is 26.1 Å². The van der Waals surface area contributed by atoms with E-state index < -0.39 is 8.07 Å². The van der Waals surface area contributed by atoms with Gasteiger partial charge >= 0.3 is 0 Å². The van der Waals surface area contributed by atoms with Gasteiger partial charge < -0.3 is 0 Å². The molecule has 0 bridgehead atoms. The van der Waals surface area contributed by atoms with Crippen molar-refractivity contribution in [2.24, 2.45) is 0 Å². The Hall–Kier alpha value is -0.343. The van der Waals surface area contributed by atoms with E-state index in [0.29, 0.717) is 5.02 Å². The summed E-state index contributed by atoms with van der Waals surface area (Å²) >= 11 is 5.90. The lowest BCUT2D eigenvalue weighted by atomic mass is 10.2. The second-order valence-corrected chi connectivity index (χ2v) is 10.6. The first-order valence-electron chi connectivity index (χ1n) is 4.67. The second kappa shape index (κ2) is 4.45. The van der Waals surface area contributed by atoms with Crippen LogP contribution in [0.3, 0.4) is 0 Å². The van der Waals surface area contributed by atoms with Crippen molar-refractivity contribution in [3.8, 4) is 0 Å². The average Bonchev–Trinajstić information content (AvgIpc) is 2.00. The van der Waals surface area contributed by atoms with Crippen molar-refractivity contribution < 1.29 is 4.39 Å². The van der Waals surface area contributed by atoms with Gasteiger partial charge in [-0.3, -0.25) is 0 Å². The van der Waals surface area contributed by atoms with Crippen LogP contribution < -0.4 is 0 Å². The van der Waals surface area contributed by atoms with Crippen LogP contribution in [0.25, 0.3) is 0 Å². The third kappa shape index (κ3) is 3.80. The summed E-state index contributed by atoms with van der Waals surface area (Å²) in [6, 6.07) is 5.61. The molecule has 1 radical (unpaired) electrons. The van der Waals surface area contributed by atoms with E-state index in [4.69, 9.17) is 11.6 Å². The zero-order valence-corrected chi connectivity index (χ0v) is 10.5. The molecule has 0 amide bonds. The lowest BCUT2D eigenvalue weighted by Gasteiger charge is -2.15. The highest BCUT2D eigenvalue weighted by atomic mass is 35.5. The molecular weight excluding hydrogens is 215 g/mol. The topological polar surface area (TPSA) is 0 Å². The maximum atomic E-state index is 12.7. The number of rotatable bonds is 3. The fraction of sp³-hybridized carbons (Fsp3) is 0.364. The summed E-state index contributed by atoms with van der Waals surface area (Å²) in [6.07, 6.45) is 2.11. The Labute approximate surface area is 91.1 Å². The SMILES string of the molecule is C[Si](C)(C)C[CH]c1ccc(F)cc1Cl. The minimum atomic E-state index is -1.08. The second-order valence-electron chi connectivity index (χ2n) is 4.63. The molecule has 0 fully saturated rings. The Bertz CT molecular complexity index is 318. The molecule has 1 aromatic carbocycles. The smallest absolute Gasteiger partial charge is 0.124 e. The molecule has 14 heavy (non-hydrogen) atoms. The van der Waals surface area contributed by atoms with E-state index in [1.54, 1.807) is 6.07 Å². The maximum Gasteiger partial charge on any atom is 0.124 e. The molecule has 0 saturated carbocycles. The van der Waals surface area contributed by atoms with Crippen LogP contribution in [0.15, 0.2) is 18.2 Å². The summed E-state index contributed by atoms with van der Waals surface area (Å²) in [6.45, 7) is 6.88. The largest absolute Gasteiger partial charge is 0.207 e. The van der Waals surface area contributed by atoms with Crippen molar-refractivity contribution in [1.29, 1.82) is 0 Å². The van der Waals surface area contributed by atoms with Crippen molar-refractivity contribution in [2.45, 2.75) is 25.7 Å². The molecule has 0 N–H and O–H groups in total. The van der Waals surface area contributed by atoms with Crippen molar-refractivity contribution in [3.05, 3.63) is 41.0 Å². The Morgan fingerprint density at radius 2 is 2.00 bits per heavy atom. The van der Waals surface area contributed by atoms with E-state index in [9.17, 15) is 4.39 Å². The van der Waals surface area contributed by atoms with Crippen LogP contribution in [0.5, 0.6) is 0 Å². The highest BCUT2D eigenvalue weighted by Gasteiger charge is 2.13. The van der Waals surface area contributed by atoms with Crippen LogP contribution in [0.1, 0.15) is 5.56 Å². The zero-order valence-electron chi connectivity index (χ0n) is 8.77. The van der Waals surface area contributed by atoms with Crippen molar-refractivity contribution in [2.75, 3.05) is 0 Å². The van der Waals surface area contributed by atoms with Gasteiger partial charge in [0.15, 0.2) is 0 Å². The van der Waals surface area contributed by atoms with Crippen molar-refractivity contribution >= 4 is 19.7 Å². The van der Waals surface area contributed by atoms with Crippen LogP contribution in [0, 0.1) is 12.2 Å². The molecule has 0 aliphatic rings. The fourth-order valence-corrected chi connectivity index (χ4v) is 2.16. The molecule has 0 spiro atoms. The standard InChI is InChI=1S/C11H15ClFSi/c1-14(2,3)7-6-9-4-5-10(13)8-11(9)12/h4-6,8H,7H2,1-3H3. The monoisotopic (exact) mass is 229 g/mol. The summed E-state index contributed by atoms with van der Waals surface area (Å²) in [7, 11) is -1.08. The highest BCUT2D eigenvalue weighted by molar-refractivity contribution is 6.76. The van der Waals surface area contributed by atoms with Gasteiger partial charge in [-0.2, -0.15) is 0 Å². The van der Waals surface area contributed by atoms with E-state index in [1.807, 2.05) is 0 Å². The van der Waals surface area contributed by atoms with Gasteiger partial charge in [0.2, 0.25) is 0 Å². The van der Waals surface area contributed by atoms with Gasteiger partial charge in [0.25, 0.3) is 0 Å².